The number of nitrogens with zero attached hydrogens (tertiary/aromatic N) is 3. The molecule has 1 aromatic rings. The van der Waals surface area contributed by atoms with Crippen molar-refractivity contribution >= 4 is 17.7 Å². The Hall–Kier alpha value is -1.30. The highest BCUT2D eigenvalue weighted by Crippen LogP contribution is 2.18. The van der Waals surface area contributed by atoms with Crippen molar-refractivity contribution in [2.24, 2.45) is 13.0 Å². The zero-order chi connectivity index (χ0) is 15.0. The minimum absolute atomic E-state index is 0.0569. The molecule has 0 aliphatic carbocycles. The van der Waals surface area contributed by atoms with Crippen LogP contribution in [0.1, 0.15) is 32.5 Å². The van der Waals surface area contributed by atoms with E-state index in [0.29, 0.717) is 31.7 Å². The van der Waals surface area contributed by atoms with E-state index in [9.17, 15) is 4.79 Å². The second-order valence-corrected chi connectivity index (χ2v) is 6.08. The Morgan fingerprint density at radius 3 is 2.90 bits per heavy atom. The molecule has 0 radical (unpaired) electrons. The highest BCUT2D eigenvalue weighted by molar-refractivity contribution is 7.99. The fraction of sp³-hybridized carbons (Fsp3) is 0.643. The SMILES string of the molecule is C=CCCC(=O)NCCc1nnc(SCC(C)C)n1C. The van der Waals surface area contributed by atoms with Gasteiger partial charge in [0.05, 0.1) is 0 Å². The monoisotopic (exact) mass is 296 g/mol. The Balaban J connectivity index is 2.37. The first-order chi connectivity index (χ1) is 9.54. The molecule has 5 nitrogen and oxygen atoms in total. The van der Waals surface area contributed by atoms with Crippen LogP contribution in [0.5, 0.6) is 0 Å². The van der Waals surface area contributed by atoms with Gasteiger partial charge >= 0.3 is 0 Å². The molecule has 6 heteroatoms. The topological polar surface area (TPSA) is 59.8 Å². The predicted molar refractivity (Wildman–Crippen MR) is 82.7 cm³/mol. The second kappa shape index (κ2) is 8.79. The number of carbonyl (C=O) groups is 1. The lowest BCUT2D eigenvalue weighted by Gasteiger charge is -2.06. The van der Waals surface area contributed by atoms with E-state index in [-0.39, 0.29) is 5.91 Å². The van der Waals surface area contributed by atoms with Crippen LogP contribution in [-0.2, 0) is 18.3 Å². The van der Waals surface area contributed by atoms with Gasteiger partial charge in [0, 0.05) is 32.2 Å². The standard InChI is InChI=1S/C14H24N4OS/c1-5-6-7-13(19)15-9-8-12-16-17-14(18(12)4)20-10-11(2)3/h5,11H,1,6-10H2,2-4H3,(H,15,19). The van der Waals surface area contributed by atoms with E-state index in [4.69, 9.17) is 0 Å². The summed E-state index contributed by atoms with van der Waals surface area (Å²) in [5.41, 5.74) is 0. The number of hydrogen-bond acceptors (Lipinski definition) is 4. The molecule has 0 fully saturated rings. The van der Waals surface area contributed by atoms with Crippen LogP contribution in [0.3, 0.4) is 0 Å². The van der Waals surface area contributed by atoms with Crippen LogP contribution < -0.4 is 5.32 Å². The first-order valence-corrected chi connectivity index (χ1v) is 7.91. The molecule has 112 valence electrons. The van der Waals surface area contributed by atoms with Crippen LogP contribution in [0.4, 0.5) is 0 Å². The van der Waals surface area contributed by atoms with Crippen molar-refractivity contribution in [2.45, 2.75) is 38.3 Å². The summed E-state index contributed by atoms with van der Waals surface area (Å²) >= 11 is 1.72. The van der Waals surface area contributed by atoms with Crippen LogP contribution in [0.15, 0.2) is 17.8 Å². The Morgan fingerprint density at radius 2 is 2.25 bits per heavy atom. The average molecular weight is 296 g/mol. The highest BCUT2D eigenvalue weighted by Gasteiger charge is 2.10. The lowest BCUT2D eigenvalue weighted by molar-refractivity contribution is -0.120. The van der Waals surface area contributed by atoms with Crippen molar-refractivity contribution in [3.63, 3.8) is 0 Å². The molecule has 0 saturated carbocycles. The van der Waals surface area contributed by atoms with Crippen LogP contribution in [0, 0.1) is 5.92 Å². The average Bonchev–Trinajstić information content (AvgIpc) is 2.75. The van der Waals surface area contributed by atoms with E-state index in [2.05, 4.69) is 35.9 Å². The lowest BCUT2D eigenvalue weighted by atomic mass is 10.3. The van der Waals surface area contributed by atoms with E-state index >= 15 is 0 Å². The fourth-order valence-corrected chi connectivity index (χ4v) is 2.44. The van der Waals surface area contributed by atoms with Crippen molar-refractivity contribution in [1.29, 1.82) is 0 Å². The molecular weight excluding hydrogens is 272 g/mol. The van der Waals surface area contributed by atoms with E-state index < -0.39 is 0 Å². The number of carbonyl (C=O) groups excluding carboxylic acids is 1. The van der Waals surface area contributed by atoms with Gasteiger partial charge < -0.3 is 9.88 Å². The molecule has 1 amide bonds. The number of thioether (sulfide) groups is 1. The third-order valence-electron chi connectivity index (χ3n) is 2.72. The van der Waals surface area contributed by atoms with E-state index in [1.807, 2.05) is 11.6 Å². The van der Waals surface area contributed by atoms with Crippen molar-refractivity contribution < 1.29 is 4.79 Å². The lowest BCUT2D eigenvalue weighted by Crippen LogP contribution is -2.25. The second-order valence-electron chi connectivity index (χ2n) is 5.09. The Labute approximate surface area is 125 Å². The summed E-state index contributed by atoms with van der Waals surface area (Å²) in [5, 5.41) is 12.2. The maximum absolute atomic E-state index is 11.5. The first-order valence-electron chi connectivity index (χ1n) is 6.93. The Kier molecular flexibility index (Phi) is 7.36. The van der Waals surface area contributed by atoms with Gasteiger partial charge in [0.25, 0.3) is 0 Å². The van der Waals surface area contributed by atoms with Crippen LogP contribution in [-0.4, -0.2) is 33.0 Å². The van der Waals surface area contributed by atoms with Crippen LogP contribution in [0.25, 0.3) is 0 Å². The minimum atomic E-state index is 0.0569. The first kappa shape index (κ1) is 16.8. The maximum Gasteiger partial charge on any atom is 0.220 e. The summed E-state index contributed by atoms with van der Waals surface area (Å²) < 4.78 is 2.00. The van der Waals surface area contributed by atoms with Gasteiger partial charge in [0.1, 0.15) is 5.82 Å². The van der Waals surface area contributed by atoms with Crippen molar-refractivity contribution in [3.05, 3.63) is 18.5 Å². The summed E-state index contributed by atoms with van der Waals surface area (Å²) in [6.07, 6.45) is 3.66. The van der Waals surface area contributed by atoms with Crippen molar-refractivity contribution in [2.75, 3.05) is 12.3 Å². The smallest absolute Gasteiger partial charge is 0.220 e. The molecule has 0 unspecified atom stereocenters. The largest absolute Gasteiger partial charge is 0.356 e. The zero-order valence-corrected chi connectivity index (χ0v) is 13.4. The van der Waals surface area contributed by atoms with Gasteiger partial charge in [-0.25, -0.2) is 0 Å². The van der Waals surface area contributed by atoms with Gasteiger partial charge in [-0.2, -0.15) is 0 Å². The predicted octanol–water partition coefficient (Wildman–Crippen LogP) is 2.19. The van der Waals surface area contributed by atoms with Crippen molar-refractivity contribution in [3.8, 4) is 0 Å². The Morgan fingerprint density at radius 1 is 1.50 bits per heavy atom. The molecule has 1 N–H and O–H groups in total. The minimum Gasteiger partial charge on any atom is -0.356 e. The quantitative estimate of drug-likeness (QED) is 0.560. The summed E-state index contributed by atoms with van der Waals surface area (Å²) in [5.74, 6) is 2.62. The highest BCUT2D eigenvalue weighted by atomic mass is 32.2. The molecule has 0 aliphatic rings. The summed E-state index contributed by atoms with van der Waals surface area (Å²) in [6.45, 7) is 8.56. The summed E-state index contributed by atoms with van der Waals surface area (Å²) in [6, 6.07) is 0. The third-order valence-corrected chi connectivity index (χ3v) is 4.16. The van der Waals surface area contributed by atoms with E-state index in [1.165, 1.54) is 0 Å². The Bertz CT molecular complexity index is 442. The fourth-order valence-electron chi connectivity index (χ4n) is 1.56. The zero-order valence-electron chi connectivity index (χ0n) is 12.6. The van der Waals surface area contributed by atoms with E-state index in [0.717, 1.165) is 16.7 Å². The van der Waals surface area contributed by atoms with Gasteiger partial charge in [-0.1, -0.05) is 31.7 Å². The molecular formula is C14H24N4OS. The normalized spacial score (nSPS) is 10.8. The number of hydrogen-bond donors (Lipinski definition) is 1. The molecule has 0 spiro atoms. The van der Waals surface area contributed by atoms with Gasteiger partial charge in [0.15, 0.2) is 5.16 Å². The van der Waals surface area contributed by atoms with Crippen molar-refractivity contribution in [1.82, 2.24) is 20.1 Å². The number of amides is 1. The molecule has 1 heterocycles. The molecule has 0 aromatic carbocycles. The molecule has 1 rings (SSSR count). The van der Waals surface area contributed by atoms with Crippen LogP contribution in [0.2, 0.25) is 0 Å². The number of nitrogens with one attached hydrogen (secondary N) is 1. The van der Waals surface area contributed by atoms with Crippen LogP contribution >= 0.6 is 11.8 Å². The molecule has 1 aromatic heterocycles. The van der Waals surface area contributed by atoms with Gasteiger partial charge in [0.2, 0.25) is 5.91 Å². The number of rotatable bonds is 9. The molecule has 0 atom stereocenters. The molecule has 0 aliphatic heterocycles. The maximum atomic E-state index is 11.5. The summed E-state index contributed by atoms with van der Waals surface area (Å²) in [4.78, 5) is 11.5. The van der Waals surface area contributed by atoms with Gasteiger partial charge in [-0.15, -0.1) is 16.8 Å². The summed E-state index contributed by atoms with van der Waals surface area (Å²) in [7, 11) is 1.97. The van der Waals surface area contributed by atoms with Gasteiger partial charge in [-0.05, 0) is 12.3 Å². The van der Waals surface area contributed by atoms with Gasteiger partial charge in [-0.3, -0.25) is 4.79 Å². The molecule has 20 heavy (non-hydrogen) atoms. The third kappa shape index (κ3) is 5.77. The number of allylic oxidation sites excluding steroid dienone is 1. The molecule has 0 saturated heterocycles. The van der Waals surface area contributed by atoms with E-state index in [1.54, 1.807) is 17.8 Å². The molecule has 0 bridgehead atoms. The number of aromatic nitrogens is 3.